The minimum Gasteiger partial charge on any atom is -0.392 e. The predicted molar refractivity (Wildman–Crippen MR) is 85.6 cm³/mol. The molecule has 0 spiro atoms. The normalized spacial score (nSPS) is 16.2. The predicted octanol–water partition coefficient (Wildman–Crippen LogP) is 1.11. The average molecular weight is 301 g/mol. The summed E-state index contributed by atoms with van der Waals surface area (Å²) in [4.78, 5) is 13.3. The van der Waals surface area contributed by atoms with Gasteiger partial charge in [0.25, 0.3) is 0 Å². The standard InChI is InChI=1S/C16H23N5O/c1-2-20-6-5-18-16(20)12-19-7-9-21(10-8-19)15-3-4-17-11-14(15)13-22/h3-6,11,22H,2,7-10,12-13H2,1H3. The van der Waals surface area contributed by atoms with Crippen LogP contribution >= 0.6 is 0 Å². The number of aromatic nitrogens is 3. The number of nitrogens with zero attached hydrogens (tertiary/aromatic N) is 5. The lowest BCUT2D eigenvalue weighted by atomic mass is 10.2. The molecule has 6 heteroatoms. The number of pyridine rings is 1. The molecule has 0 saturated carbocycles. The Bertz CT molecular complexity index is 604. The number of aryl methyl sites for hydroxylation is 1. The molecule has 22 heavy (non-hydrogen) atoms. The van der Waals surface area contributed by atoms with Crippen LogP contribution in [0.2, 0.25) is 0 Å². The van der Waals surface area contributed by atoms with Crippen molar-refractivity contribution in [3.8, 4) is 0 Å². The van der Waals surface area contributed by atoms with Crippen LogP contribution in [-0.2, 0) is 19.7 Å². The molecule has 3 rings (SSSR count). The van der Waals surface area contributed by atoms with Crippen molar-refractivity contribution in [1.82, 2.24) is 19.4 Å². The summed E-state index contributed by atoms with van der Waals surface area (Å²) in [6, 6.07) is 1.99. The molecule has 1 aliphatic rings. The van der Waals surface area contributed by atoms with Crippen molar-refractivity contribution in [1.29, 1.82) is 0 Å². The highest BCUT2D eigenvalue weighted by molar-refractivity contribution is 5.52. The molecule has 1 fully saturated rings. The smallest absolute Gasteiger partial charge is 0.122 e. The number of aliphatic hydroxyl groups is 1. The Balaban J connectivity index is 1.61. The SMILES string of the molecule is CCn1ccnc1CN1CCN(c2ccncc2CO)CC1. The number of hydrogen-bond donors (Lipinski definition) is 1. The van der Waals surface area contributed by atoms with E-state index in [4.69, 9.17) is 0 Å². The van der Waals surface area contributed by atoms with Crippen LogP contribution < -0.4 is 4.90 Å². The first kappa shape index (κ1) is 15.0. The third-order valence-corrected chi connectivity index (χ3v) is 4.27. The number of anilines is 1. The fourth-order valence-corrected chi connectivity index (χ4v) is 2.98. The number of imidazole rings is 1. The fourth-order valence-electron chi connectivity index (χ4n) is 2.98. The molecule has 0 aromatic carbocycles. The van der Waals surface area contributed by atoms with Gasteiger partial charge in [0.15, 0.2) is 0 Å². The summed E-state index contributed by atoms with van der Waals surface area (Å²) in [5.41, 5.74) is 2.00. The van der Waals surface area contributed by atoms with Gasteiger partial charge in [-0.2, -0.15) is 0 Å². The van der Waals surface area contributed by atoms with Crippen LogP contribution in [0, 0.1) is 0 Å². The van der Waals surface area contributed by atoms with Gasteiger partial charge in [0.1, 0.15) is 5.82 Å². The summed E-state index contributed by atoms with van der Waals surface area (Å²) in [5.74, 6) is 1.14. The molecule has 0 atom stereocenters. The number of aliphatic hydroxyl groups excluding tert-OH is 1. The highest BCUT2D eigenvalue weighted by Gasteiger charge is 2.20. The van der Waals surface area contributed by atoms with Gasteiger partial charge in [-0.1, -0.05) is 0 Å². The lowest BCUT2D eigenvalue weighted by Crippen LogP contribution is -2.46. The quantitative estimate of drug-likeness (QED) is 0.896. The summed E-state index contributed by atoms with van der Waals surface area (Å²) in [7, 11) is 0. The van der Waals surface area contributed by atoms with Crippen molar-refractivity contribution in [2.75, 3.05) is 31.1 Å². The molecule has 118 valence electrons. The second-order valence-corrected chi connectivity index (χ2v) is 5.56. The van der Waals surface area contributed by atoms with Crippen LogP contribution in [0.1, 0.15) is 18.3 Å². The number of rotatable bonds is 5. The Morgan fingerprint density at radius 1 is 1.18 bits per heavy atom. The van der Waals surface area contributed by atoms with E-state index >= 15 is 0 Å². The lowest BCUT2D eigenvalue weighted by Gasteiger charge is -2.36. The zero-order chi connectivity index (χ0) is 15.4. The molecule has 0 unspecified atom stereocenters. The monoisotopic (exact) mass is 301 g/mol. The van der Waals surface area contributed by atoms with Crippen molar-refractivity contribution < 1.29 is 5.11 Å². The van der Waals surface area contributed by atoms with Crippen LogP contribution in [0.15, 0.2) is 30.9 Å². The maximum Gasteiger partial charge on any atom is 0.122 e. The minimum absolute atomic E-state index is 0.0390. The summed E-state index contributed by atoms with van der Waals surface area (Å²) in [5, 5.41) is 9.44. The molecule has 0 aliphatic carbocycles. The lowest BCUT2D eigenvalue weighted by molar-refractivity contribution is 0.239. The Hall–Kier alpha value is -1.92. The van der Waals surface area contributed by atoms with Crippen molar-refractivity contribution in [3.63, 3.8) is 0 Å². The Labute approximate surface area is 131 Å². The zero-order valence-corrected chi connectivity index (χ0v) is 13.0. The Morgan fingerprint density at radius 3 is 2.73 bits per heavy atom. The highest BCUT2D eigenvalue weighted by atomic mass is 16.3. The Kier molecular flexibility index (Phi) is 4.70. The third kappa shape index (κ3) is 3.13. The first-order valence-corrected chi connectivity index (χ1v) is 7.83. The van der Waals surface area contributed by atoms with E-state index in [2.05, 4.69) is 31.3 Å². The topological polar surface area (TPSA) is 57.4 Å². The number of piperazine rings is 1. The molecule has 1 N–H and O–H groups in total. The average Bonchev–Trinajstić information content (AvgIpc) is 3.02. The van der Waals surface area contributed by atoms with E-state index in [1.165, 1.54) is 0 Å². The Morgan fingerprint density at radius 2 is 2.00 bits per heavy atom. The van der Waals surface area contributed by atoms with Crippen molar-refractivity contribution in [2.45, 2.75) is 26.6 Å². The molecule has 3 heterocycles. The van der Waals surface area contributed by atoms with Gasteiger partial charge in [-0.25, -0.2) is 4.98 Å². The summed E-state index contributed by atoms with van der Waals surface area (Å²) in [6.07, 6.45) is 7.45. The molecule has 0 radical (unpaired) electrons. The van der Waals surface area contributed by atoms with Gasteiger partial charge < -0.3 is 14.6 Å². The highest BCUT2D eigenvalue weighted by Crippen LogP contribution is 2.21. The molecule has 2 aromatic heterocycles. The van der Waals surface area contributed by atoms with E-state index in [0.29, 0.717) is 0 Å². The third-order valence-electron chi connectivity index (χ3n) is 4.27. The van der Waals surface area contributed by atoms with E-state index in [1.807, 2.05) is 18.5 Å². The van der Waals surface area contributed by atoms with E-state index in [9.17, 15) is 5.11 Å². The first-order valence-electron chi connectivity index (χ1n) is 7.83. The molecule has 0 amide bonds. The maximum absolute atomic E-state index is 9.44. The first-order chi connectivity index (χ1) is 10.8. The van der Waals surface area contributed by atoms with Gasteiger partial charge in [0.05, 0.1) is 13.2 Å². The van der Waals surface area contributed by atoms with Crippen LogP contribution in [0.4, 0.5) is 5.69 Å². The molecule has 6 nitrogen and oxygen atoms in total. The van der Waals surface area contributed by atoms with Gasteiger partial charge >= 0.3 is 0 Å². The molecule has 2 aromatic rings. The molecule has 1 saturated heterocycles. The van der Waals surface area contributed by atoms with Crippen LogP contribution in [-0.4, -0.2) is 50.7 Å². The van der Waals surface area contributed by atoms with E-state index in [1.54, 1.807) is 12.4 Å². The molecule has 1 aliphatic heterocycles. The van der Waals surface area contributed by atoms with Crippen LogP contribution in [0.25, 0.3) is 0 Å². The van der Waals surface area contributed by atoms with Gasteiger partial charge in [0.2, 0.25) is 0 Å². The van der Waals surface area contributed by atoms with Crippen LogP contribution in [0.3, 0.4) is 0 Å². The van der Waals surface area contributed by atoms with Crippen LogP contribution in [0.5, 0.6) is 0 Å². The molecular weight excluding hydrogens is 278 g/mol. The maximum atomic E-state index is 9.44. The van der Waals surface area contributed by atoms with Gasteiger partial charge in [-0.3, -0.25) is 9.88 Å². The summed E-state index contributed by atoms with van der Waals surface area (Å²) >= 11 is 0. The second kappa shape index (κ2) is 6.89. The largest absolute Gasteiger partial charge is 0.392 e. The summed E-state index contributed by atoms with van der Waals surface area (Å²) in [6.45, 7) is 7.98. The molecular formula is C16H23N5O. The van der Waals surface area contributed by atoms with Gasteiger partial charge in [0, 0.05) is 68.8 Å². The van der Waals surface area contributed by atoms with Gasteiger partial charge in [-0.05, 0) is 13.0 Å². The fraction of sp³-hybridized carbons (Fsp3) is 0.500. The van der Waals surface area contributed by atoms with E-state index in [0.717, 1.165) is 56.3 Å². The molecule has 0 bridgehead atoms. The van der Waals surface area contributed by atoms with Crippen molar-refractivity contribution in [3.05, 3.63) is 42.2 Å². The number of hydrogen-bond acceptors (Lipinski definition) is 5. The second-order valence-electron chi connectivity index (χ2n) is 5.56. The zero-order valence-electron chi connectivity index (χ0n) is 13.0. The van der Waals surface area contributed by atoms with Crippen molar-refractivity contribution in [2.24, 2.45) is 0 Å². The summed E-state index contributed by atoms with van der Waals surface area (Å²) < 4.78 is 2.19. The van der Waals surface area contributed by atoms with E-state index < -0.39 is 0 Å². The van der Waals surface area contributed by atoms with E-state index in [-0.39, 0.29) is 6.61 Å². The van der Waals surface area contributed by atoms with Crippen molar-refractivity contribution >= 4 is 5.69 Å². The van der Waals surface area contributed by atoms with Gasteiger partial charge in [-0.15, -0.1) is 0 Å². The minimum atomic E-state index is 0.0390.